The smallest absolute Gasteiger partial charge is 0.0925 e. The van der Waals surface area contributed by atoms with Crippen molar-refractivity contribution in [3.05, 3.63) is 0 Å². The lowest BCUT2D eigenvalue weighted by atomic mass is 10.1. The first kappa shape index (κ1) is 11.9. The fourth-order valence-corrected chi connectivity index (χ4v) is 1.67. The number of methoxy groups -OCH3 is 1. The summed E-state index contributed by atoms with van der Waals surface area (Å²) < 4.78 is 10.4. The molecule has 1 aliphatic heterocycles. The van der Waals surface area contributed by atoms with Crippen molar-refractivity contribution in [2.75, 3.05) is 26.8 Å². The fourth-order valence-electron chi connectivity index (χ4n) is 1.67. The van der Waals surface area contributed by atoms with Crippen LogP contribution in [0.15, 0.2) is 0 Å². The first-order chi connectivity index (χ1) is 6.74. The van der Waals surface area contributed by atoms with E-state index in [2.05, 4.69) is 5.32 Å². The number of aliphatic hydroxyl groups excluding tert-OH is 1. The second kappa shape index (κ2) is 6.35. The maximum absolute atomic E-state index is 9.74. The zero-order valence-corrected chi connectivity index (χ0v) is 9.03. The first-order valence-corrected chi connectivity index (χ1v) is 5.27. The Kier molecular flexibility index (Phi) is 5.40. The van der Waals surface area contributed by atoms with Gasteiger partial charge in [0.1, 0.15) is 0 Å². The molecule has 2 N–H and O–H groups in total. The molecule has 3 atom stereocenters. The van der Waals surface area contributed by atoms with Crippen LogP contribution < -0.4 is 5.32 Å². The fraction of sp³-hybridized carbons (Fsp3) is 1.00. The van der Waals surface area contributed by atoms with Gasteiger partial charge in [0, 0.05) is 20.2 Å². The van der Waals surface area contributed by atoms with E-state index in [1.165, 1.54) is 0 Å². The second-order valence-corrected chi connectivity index (χ2v) is 3.83. The van der Waals surface area contributed by atoms with Crippen molar-refractivity contribution in [2.24, 2.45) is 0 Å². The summed E-state index contributed by atoms with van der Waals surface area (Å²) in [5, 5.41) is 12.9. The summed E-state index contributed by atoms with van der Waals surface area (Å²) in [4.78, 5) is 0. The monoisotopic (exact) mass is 203 g/mol. The van der Waals surface area contributed by atoms with Gasteiger partial charge >= 0.3 is 0 Å². The quantitative estimate of drug-likeness (QED) is 0.603. The molecule has 1 saturated heterocycles. The molecule has 0 spiro atoms. The molecule has 0 amide bonds. The predicted molar refractivity (Wildman–Crippen MR) is 54.3 cm³/mol. The molecule has 4 nitrogen and oxygen atoms in total. The van der Waals surface area contributed by atoms with Gasteiger partial charge in [-0.25, -0.2) is 0 Å². The van der Waals surface area contributed by atoms with Gasteiger partial charge in [0.15, 0.2) is 0 Å². The number of hydrogen-bond donors (Lipinski definition) is 2. The Morgan fingerprint density at radius 1 is 1.57 bits per heavy atom. The van der Waals surface area contributed by atoms with E-state index in [9.17, 15) is 5.11 Å². The summed E-state index contributed by atoms with van der Waals surface area (Å²) in [6.07, 6.45) is 1.94. The molecule has 0 aromatic carbocycles. The van der Waals surface area contributed by atoms with Gasteiger partial charge in [0.25, 0.3) is 0 Å². The zero-order valence-electron chi connectivity index (χ0n) is 9.03. The molecule has 0 aromatic rings. The molecule has 0 aliphatic carbocycles. The van der Waals surface area contributed by atoms with E-state index < -0.39 is 6.10 Å². The highest BCUT2D eigenvalue weighted by molar-refractivity contribution is 4.78. The largest absolute Gasteiger partial charge is 0.389 e. The van der Waals surface area contributed by atoms with Gasteiger partial charge in [-0.1, -0.05) is 0 Å². The Morgan fingerprint density at radius 2 is 2.36 bits per heavy atom. The third kappa shape index (κ3) is 3.92. The standard InChI is InChI=1S/C10H21NO3/c1-8-3-4-10(14-8)9(12)7-11-5-6-13-2/h8-12H,3-7H2,1-2H3. The maximum atomic E-state index is 9.74. The average molecular weight is 203 g/mol. The van der Waals surface area contributed by atoms with E-state index in [0.29, 0.717) is 19.3 Å². The van der Waals surface area contributed by atoms with Crippen LogP contribution in [0.25, 0.3) is 0 Å². The second-order valence-electron chi connectivity index (χ2n) is 3.83. The van der Waals surface area contributed by atoms with Crippen LogP contribution >= 0.6 is 0 Å². The van der Waals surface area contributed by atoms with Crippen LogP contribution in [0.4, 0.5) is 0 Å². The van der Waals surface area contributed by atoms with E-state index in [1.54, 1.807) is 7.11 Å². The van der Waals surface area contributed by atoms with E-state index in [1.807, 2.05) is 6.92 Å². The molecule has 0 aromatic heterocycles. The topological polar surface area (TPSA) is 50.7 Å². The Balaban J connectivity index is 2.06. The summed E-state index contributed by atoms with van der Waals surface area (Å²) in [5.41, 5.74) is 0. The van der Waals surface area contributed by atoms with E-state index >= 15 is 0 Å². The average Bonchev–Trinajstić information content (AvgIpc) is 2.59. The Hall–Kier alpha value is -0.160. The molecule has 1 heterocycles. The summed E-state index contributed by atoms with van der Waals surface area (Å²) >= 11 is 0. The van der Waals surface area contributed by atoms with Crippen LogP contribution in [-0.4, -0.2) is 50.2 Å². The zero-order chi connectivity index (χ0) is 10.4. The van der Waals surface area contributed by atoms with Crippen molar-refractivity contribution in [3.63, 3.8) is 0 Å². The Bertz CT molecular complexity index is 154. The molecule has 1 rings (SSSR count). The lowest BCUT2D eigenvalue weighted by Gasteiger charge is -2.18. The lowest BCUT2D eigenvalue weighted by molar-refractivity contribution is -0.0276. The van der Waals surface area contributed by atoms with Gasteiger partial charge in [0.2, 0.25) is 0 Å². The Morgan fingerprint density at radius 3 is 2.93 bits per heavy atom. The van der Waals surface area contributed by atoms with Crippen molar-refractivity contribution in [1.29, 1.82) is 0 Å². The van der Waals surface area contributed by atoms with Crippen LogP contribution in [0.2, 0.25) is 0 Å². The van der Waals surface area contributed by atoms with Crippen molar-refractivity contribution >= 4 is 0 Å². The van der Waals surface area contributed by atoms with Gasteiger partial charge < -0.3 is 19.9 Å². The highest BCUT2D eigenvalue weighted by Crippen LogP contribution is 2.21. The maximum Gasteiger partial charge on any atom is 0.0925 e. The predicted octanol–water partition coefficient (Wildman–Crippen LogP) is 0.151. The molecule has 1 fully saturated rings. The highest BCUT2D eigenvalue weighted by Gasteiger charge is 2.27. The van der Waals surface area contributed by atoms with Crippen molar-refractivity contribution in [2.45, 2.75) is 38.1 Å². The summed E-state index contributed by atoms with van der Waals surface area (Å²) in [6.45, 7) is 4.08. The van der Waals surface area contributed by atoms with Crippen LogP contribution in [0.1, 0.15) is 19.8 Å². The van der Waals surface area contributed by atoms with Crippen LogP contribution in [-0.2, 0) is 9.47 Å². The molecule has 0 radical (unpaired) electrons. The minimum Gasteiger partial charge on any atom is -0.389 e. The molecule has 3 unspecified atom stereocenters. The minimum atomic E-state index is -0.392. The van der Waals surface area contributed by atoms with Gasteiger partial charge in [-0.05, 0) is 19.8 Å². The van der Waals surface area contributed by atoms with Crippen LogP contribution in [0.5, 0.6) is 0 Å². The Labute approximate surface area is 85.6 Å². The SMILES string of the molecule is COCCNCC(O)C1CCC(C)O1. The normalized spacial score (nSPS) is 29.4. The van der Waals surface area contributed by atoms with E-state index in [-0.39, 0.29) is 6.10 Å². The van der Waals surface area contributed by atoms with Crippen molar-refractivity contribution in [3.8, 4) is 0 Å². The third-order valence-corrected chi connectivity index (χ3v) is 2.53. The molecule has 4 heteroatoms. The van der Waals surface area contributed by atoms with Crippen molar-refractivity contribution < 1.29 is 14.6 Å². The number of aliphatic hydroxyl groups is 1. The minimum absolute atomic E-state index is 0.0139. The van der Waals surface area contributed by atoms with Gasteiger partial charge in [-0.3, -0.25) is 0 Å². The molecular formula is C10H21NO3. The van der Waals surface area contributed by atoms with Gasteiger partial charge in [-0.2, -0.15) is 0 Å². The van der Waals surface area contributed by atoms with Gasteiger partial charge in [-0.15, -0.1) is 0 Å². The molecule has 0 saturated carbocycles. The summed E-state index contributed by atoms with van der Waals surface area (Å²) in [5.74, 6) is 0. The highest BCUT2D eigenvalue weighted by atomic mass is 16.5. The van der Waals surface area contributed by atoms with Gasteiger partial charge in [0.05, 0.1) is 24.9 Å². The van der Waals surface area contributed by atoms with Crippen molar-refractivity contribution in [1.82, 2.24) is 5.32 Å². The molecule has 84 valence electrons. The number of rotatable bonds is 6. The van der Waals surface area contributed by atoms with Crippen LogP contribution in [0, 0.1) is 0 Å². The van der Waals surface area contributed by atoms with E-state index in [4.69, 9.17) is 9.47 Å². The summed E-state index contributed by atoms with van der Waals surface area (Å²) in [7, 11) is 1.67. The molecule has 0 bridgehead atoms. The molecule has 1 aliphatic rings. The third-order valence-electron chi connectivity index (χ3n) is 2.53. The molecular weight excluding hydrogens is 182 g/mol. The molecule has 14 heavy (non-hydrogen) atoms. The number of ether oxygens (including phenoxy) is 2. The summed E-state index contributed by atoms with van der Waals surface area (Å²) in [6, 6.07) is 0. The number of nitrogens with one attached hydrogen (secondary N) is 1. The number of hydrogen-bond acceptors (Lipinski definition) is 4. The van der Waals surface area contributed by atoms with Crippen LogP contribution in [0.3, 0.4) is 0 Å². The lowest BCUT2D eigenvalue weighted by Crippen LogP contribution is -2.37. The van der Waals surface area contributed by atoms with E-state index in [0.717, 1.165) is 19.4 Å². The first-order valence-electron chi connectivity index (χ1n) is 5.27.